The molecule has 2 aromatic carbocycles. The van der Waals surface area contributed by atoms with Gasteiger partial charge in [-0.3, -0.25) is 9.59 Å². The van der Waals surface area contributed by atoms with E-state index in [-0.39, 0.29) is 24.2 Å². The molecule has 3 rings (SSSR count). The Morgan fingerprint density at radius 3 is 2.67 bits per heavy atom. The number of rotatable bonds is 3. The molecule has 1 heterocycles. The Morgan fingerprint density at radius 2 is 1.96 bits per heavy atom. The summed E-state index contributed by atoms with van der Waals surface area (Å²) in [5, 5.41) is 2.90. The van der Waals surface area contributed by atoms with Crippen LogP contribution in [0.2, 0.25) is 0 Å². The first-order chi connectivity index (χ1) is 11.5. The van der Waals surface area contributed by atoms with Crippen molar-refractivity contribution in [3.63, 3.8) is 0 Å². The van der Waals surface area contributed by atoms with Crippen molar-refractivity contribution in [1.29, 1.82) is 0 Å². The summed E-state index contributed by atoms with van der Waals surface area (Å²) in [6.07, 6.45) is 0.230. The lowest BCUT2D eigenvalue weighted by Gasteiger charge is -2.19. The highest BCUT2D eigenvalue weighted by Crippen LogP contribution is 2.30. The van der Waals surface area contributed by atoms with Crippen molar-refractivity contribution in [3.8, 4) is 0 Å². The maximum absolute atomic E-state index is 12.5. The second kappa shape index (κ2) is 7.07. The third kappa shape index (κ3) is 3.54. The maximum atomic E-state index is 12.5. The first-order valence-corrected chi connectivity index (χ1v) is 9.16. The molecule has 0 unspecified atom stereocenters. The van der Waals surface area contributed by atoms with Crippen LogP contribution in [0.25, 0.3) is 0 Å². The first kappa shape index (κ1) is 17.2. The van der Waals surface area contributed by atoms with E-state index in [0.29, 0.717) is 12.2 Å². The van der Waals surface area contributed by atoms with E-state index in [9.17, 15) is 9.59 Å². The third-order valence-corrected chi connectivity index (χ3v) is 5.24. The zero-order valence-electron chi connectivity index (χ0n) is 13.1. The number of benzene rings is 2. The number of hydrogen-bond donors (Lipinski definition) is 1. The minimum absolute atomic E-state index is 0.0145. The highest BCUT2D eigenvalue weighted by atomic mass is 79.9. The maximum Gasteiger partial charge on any atom is 0.229 e. The second-order valence-corrected chi connectivity index (χ2v) is 7.58. The Balaban J connectivity index is 1.73. The fraction of sp³-hybridized carbons (Fsp3) is 0.222. The topological polar surface area (TPSA) is 49.4 Å². The molecule has 1 fully saturated rings. The number of halogens is 2. The molecule has 2 aromatic rings. The van der Waals surface area contributed by atoms with E-state index in [4.69, 9.17) is 0 Å². The molecular formula is C18H16Br2N2O2. The number of nitrogens with zero attached hydrogens (tertiary/aromatic N) is 1. The monoisotopic (exact) mass is 450 g/mol. The van der Waals surface area contributed by atoms with Crippen LogP contribution in [0.15, 0.2) is 51.4 Å². The molecule has 0 spiro atoms. The number of carbonyl (C=O) groups excluding carboxylic acids is 2. The van der Waals surface area contributed by atoms with Crippen LogP contribution in [0.5, 0.6) is 0 Å². The number of amides is 2. The van der Waals surface area contributed by atoms with E-state index in [0.717, 1.165) is 20.2 Å². The lowest BCUT2D eigenvalue weighted by molar-refractivity contribution is -0.122. The van der Waals surface area contributed by atoms with Gasteiger partial charge in [0.15, 0.2) is 0 Å². The summed E-state index contributed by atoms with van der Waals surface area (Å²) in [6.45, 7) is 2.37. The Labute approximate surface area is 157 Å². The smallest absolute Gasteiger partial charge is 0.229 e. The lowest BCUT2D eigenvalue weighted by atomic mass is 10.1. The van der Waals surface area contributed by atoms with Crippen LogP contribution >= 0.6 is 31.9 Å². The highest BCUT2D eigenvalue weighted by molar-refractivity contribution is 9.11. The standard InChI is InChI=1S/C18H16Br2N2O2/c1-11-4-2-3-5-16(11)22-10-12(8-17(22)23)18(24)21-15-7-6-13(19)9-14(15)20/h2-7,9,12H,8,10H2,1H3,(H,21,24)/t12-/m0/s1. The van der Waals surface area contributed by atoms with Gasteiger partial charge in [-0.15, -0.1) is 0 Å². The normalized spacial score (nSPS) is 17.2. The fourth-order valence-electron chi connectivity index (χ4n) is 2.81. The molecule has 0 radical (unpaired) electrons. The lowest BCUT2D eigenvalue weighted by Crippen LogP contribution is -2.28. The van der Waals surface area contributed by atoms with Crippen LogP contribution in [0.4, 0.5) is 11.4 Å². The van der Waals surface area contributed by atoms with Gasteiger partial charge in [0, 0.05) is 27.6 Å². The van der Waals surface area contributed by atoms with Crippen molar-refractivity contribution >= 4 is 55.0 Å². The van der Waals surface area contributed by atoms with Crippen LogP contribution in [0, 0.1) is 12.8 Å². The van der Waals surface area contributed by atoms with Gasteiger partial charge in [0.1, 0.15) is 0 Å². The predicted molar refractivity (Wildman–Crippen MR) is 102 cm³/mol. The molecule has 6 heteroatoms. The summed E-state index contributed by atoms with van der Waals surface area (Å²) in [4.78, 5) is 26.6. The van der Waals surface area contributed by atoms with Crippen molar-refractivity contribution < 1.29 is 9.59 Å². The van der Waals surface area contributed by atoms with E-state index in [2.05, 4.69) is 37.2 Å². The Hall–Kier alpha value is -1.66. The van der Waals surface area contributed by atoms with Gasteiger partial charge in [0.2, 0.25) is 11.8 Å². The fourth-order valence-corrected chi connectivity index (χ4v) is 3.95. The number of nitrogens with one attached hydrogen (secondary N) is 1. The summed E-state index contributed by atoms with van der Waals surface area (Å²) in [6, 6.07) is 13.3. The molecule has 0 saturated carbocycles. The summed E-state index contributed by atoms with van der Waals surface area (Å²) in [5.41, 5.74) is 2.61. The van der Waals surface area contributed by atoms with Crippen molar-refractivity contribution in [2.24, 2.45) is 5.92 Å². The summed E-state index contributed by atoms with van der Waals surface area (Å²) < 4.78 is 1.72. The van der Waals surface area contributed by atoms with E-state index in [1.807, 2.05) is 49.4 Å². The van der Waals surface area contributed by atoms with E-state index in [1.165, 1.54) is 0 Å². The minimum Gasteiger partial charge on any atom is -0.325 e. The molecule has 1 aliphatic heterocycles. The van der Waals surface area contributed by atoms with Crippen molar-refractivity contribution in [2.45, 2.75) is 13.3 Å². The van der Waals surface area contributed by atoms with Gasteiger partial charge in [-0.1, -0.05) is 34.1 Å². The largest absolute Gasteiger partial charge is 0.325 e. The minimum atomic E-state index is -0.354. The van der Waals surface area contributed by atoms with Crippen LogP contribution in [0.1, 0.15) is 12.0 Å². The Morgan fingerprint density at radius 1 is 1.21 bits per heavy atom. The van der Waals surface area contributed by atoms with Crippen LogP contribution < -0.4 is 10.2 Å². The van der Waals surface area contributed by atoms with E-state index < -0.39 is 0 Å². The summed E-state index contributed by atoms with van der Waals surface area (Å²) >= 11 is 6.82. The number of aryl methyl sites for hydroxylation is 1. The molecule has 124 valence electrons. The number of hydrogen-bond acceptors (Lipinski definition) is 2. The average Bonchev–Trinajstić information content (AvgIpc) is 2.92. The summed E-state index contributed by atoms with van der Waals surface area (Å²) in [5.74, 6) is -0.505. The second-order valence-electron chi connectivity index (χ2n) is 5.81. The molecule has 0 bridgehead atoms. The zero-order chi connectivity index (χ0) is 17.3. The molecule has 2 amide bonds. The summed E-state index contributed by atoms with van der Waals surface area (Å²) in [7, 11) is 0. The van der Waals surface area contributed by atoms with Crippen LogP contribution in [0.3, 0.4) is 0 Å². The molecule has 1 atom stereocenters. The van der Waals surface area contributed by atoms with E-state index >= 15 is 0 Å². The predicted octanol–water partition coefficient (Wildman–Crippen LogP) is 4.51. The highest BCUT2D eigenvalue weighted by Gasteiger charge is 2.35. The molecular weight excluding hydrogens is 436 g/mol. The van der Waals surface area contributed by atoms with Gasteiger partial charge >= 0.3 is 0 Å². The molecule has 1 saturated heterocycles. The average molecular weight is 452 g/mol. The van der Waals surface area contributed by atoms with Crippen molar-refractivity contribution in [1.82, 2.24) is 0 Å². The third-order valence-electron chi connectivity index (χ3n) is 4.09. The molecule has 4 nitrogen and oxygen atoms in total. The number of anilines is 2. The SMILES string of the molecule is Cc1ccccc1N1C[C@@H](C(=O)Nc2ccc(Br)cc2Br)CC1=O. The Bertz CT molecular complexity index is 807. The molecule has 1 aliphatic rings. The van der Waals surface area contributed by atoms with Crippen molar-refractivity contribution in [3.05, 3.63) is 57.0 Å². The number of para-hydroxylation sites is 1. The van der Waals surface area contributed by atoms with E-state index in [1.54, 1.807) is 4.90 Å². The number of carbonyl (C=O) groups is 2. The molecule has 1 N–H and O–H groups in total. The molecule has 0 aromatic heterocycles. The van der Waals surface area contributed by atoms with Crippen LogP contribution in [-0.2, 0) is 9.59 Å². The quantitative estimate of drug-likeness (QED) is 0.746. The Kier molecular flexibility index (Phi) is 5.06. The van der Waals surface area contributed by atoms with Gasteiger partial charge < -0.3 is 10.2 Å². The van der Waals surface area contributed by atoms with Crippen LogP contribution in [-0.4, -0.2) is 18.4 Å². The van der Waals surface area contributed by atoms with Gasteiger partial charge in [0.25, 0.3) is 0 Å². The van der Waals surface area contributed by atoms with Gasteiger partial charge in [-0.25, -0.2) is 0 Å². The van der Waals surface area contributed by atoms with Gasteiger partial charge in [-0.05, 0) is 52.7 Å². The first-order valence-electron chi connectivity index (χ1n) is 7.57. The molecule has 24 heavy (non-hydrogen) atoms. The van der Waals surface area contributed by atoms with Crippen molar-refractivity contribution in [2.75, 3.05) is 16.8 Å². The van der Waals surface area contributed by atoms with Gasteiger partial charge in [0.05, 0.1) is 11.6 Å². The van der Waals surface area contributed by atoms with Gasteiger partial charge in [-0.2, -0.15) is 0 Å². The molecule has 0 aliphatic carbocycles. The zero-order valence-corrected chi connectivity index (χ0v) is 16.2.